The molecule has 27 heavy (non-hydrogen) atoms. The van der Waals surface area contributed by atoms with E-state index in [4.69, 9.17) is 4.43 Å². The van der Waals surface area contributed by atoms with Crippen molar-refractivity contribution < 1.29 is 9.22 Å². The Morgan fingerprint density at radius 2 is 1.15 bits per heavy atom. The van der Waals surface area contributed by atoms with Gasteiger partial charge in [-0.2, -0.15) is 0 Å². The molecule has 2 aromatic carbocycles. The van der Waals surface area contributed by atoms with Crippen LogP contribution in [0.1, 0.15) is 81.3 Å². The molecule has 0 atom stereocenters. The van der Waals surface area contributed by atoms with Crippen LogP contribution in [0, 0.1) is 0 Å². The Bertz CT molecular complexity index is 588. The first kappa shape index (κ1) is 21.4. The molecule has 0 fully saturated rings. The van der Waals surface area contributed by atoms with Crippen LogP contribution in [0.4, 0.5) is 0 Å². The number of hydrogen-bond donors (Lipinski definition) is 0. The van der Waals surface area contributed by atoms with E-state index in [1.807, 2.05) is 0 Å². The van der Waals surface area contributed by atoms with Gasteiger partial charge in [0, 0.05) is 12.3 Å². The summed E-state index contributed by atoms with van der Waals surface area (Å²) in [5, 5.41) is 0. The Morgan fingerprint density at radius 3 is 1.63 bits per heavy atom. The van der Waals surface area contributed by atoms with E-state index in [1.165, 1.54) is 56.1 Å². The van der Waals surface area contributed by atoms with E-state index in [-0.39, 0.29) is 5.97 Å². The third-order valence-corrected chi connectivity index (χ3v) is 5.71. The zero-order valence-electron chi connectivity index (χ0n) is 16.7. The van der Waals surface area contributed by atoms with Crippen LogP contribution in [0.3, 0.4) is 0 Å². The van der Waals surface area contributed by atoms with Crippen LogP contribution in [-0.2, 0) is 9.22 Å². The number of carbonyl (C=O) groups excluding carboxylic acids is 1. The summed E-state index contributed by atoms with van der Waals surface area (Å²) in [5.74, 6) is 0.488. The highest BCUT2D eigenvalue weighted by atomic mass is 28.2. The summed E-state index contributed by atoms with van der Waals surface area (Å²) in [7, 11) is 0.526. The standard InChI is InChI=1S/C24H34O2Si/c25-24(26-27)20-14-6-4-2-1-3-5-13-19-23(21-15-9-7-10-16-21)22-17-11-8-12-18-22/h7-12,15-18,23H,1-6,13-14,19-20H2,27H3. The van der Waals surface area contributed by atoms with Gasteiger partial charge in [0.15, 0.2) is 0 Å². The van der Waals surface area contributed by atoms with Gasteiger partial charge in [-0.1, -0.05) is 106 Å². The quantitative estimate of drug-likeness (QED) is 0.336. The second-order valence-electron chi connectivity index (χ2n) is 7.32. The van der Waals surface area contributed by atoms with Gasteiger partial charge in [0.1, 0.15) is 0 Å². The zero-order valence-corrected chi connectivity index (χ0v) is 18.7. The largest absolute Gasteiger partial charge is 0.529 e. The van der Waals surface area contributed by atoms with Crippen LogP contribution >= 0.6 is 0 Å². The summed E-state index contributed by atoms with van der Waals surface area (Å²) >= 11 is 0. The Kier molecular flexibility index (Phi) is 10.6. The van der Waals surface area contributed by atoms with E-state index in [0.29, 0.717) is 22.8 Å². The van der Waals surface area contributed by atoms with Gasteiger partial charge in [0.25, 0.3) is 5.97 Å². The average molecular weight is 383 g/mol. The van der Waals surface area contributed by atoms with Gasteiger partial charge in [-0.3, -0.25) is 4.79 Å². The van der Waals surface area contributed by atoms with Crippen molar-refractivity contribution >= 4 is 16.5 Å². The molecule has 0 aliphatic rings. The summed E-state index contributed by atoms with van der Waals surface area (Å²) < 4.78 is 4.81. The van der Waals surface area contributed by atoms with E-state index >= 15 is 0 Å². The van der Waals surface area contributed by atoms with E-state index in [0.717, 1.165) is 12.8 Å². The van der Waals surface area contributed by atoms with Gasteiger partial charge < -0.3 is 4.43 Å². The van der Waals surface area contributed by atoms with Crippen molar-refractivity contribution in [2.45, 2.75) is 70.1 Å². The highest BCUT2D eigenvalue weighted by Crippen LogP contribution is 2.30. The molecule has 0 heterocycles. The number of carbonyl (C=O) groups is 1. The first-order valence-electron chi connectivity index (χ1n) is 10.5. The van der Waals surface area contributed by atoms with Crippen molar-refractivity contribution in [2.24, 2.45) is 0 Å². The SMILES string of the molecule is O=C(CCCCCCCCCCC(c1ccccc1)c1ccccc1)O[SiH3]. The van der Waals surface area contributed by atoms with E-state index in [2.05, 4.69) is 60.7 Å². The molecule has 2 aromatic rings. The lowest BCUT2D eigenvalue weighted by Crippen LogP contribution is -2.01. The van der Waals surface area contributed by atoms with Crippen LogP contribution in [0.2, 0.25) is 0 Å². The Balaban J connectivity index is 1.63. The molecule has 0 saturated carbocycles. The van der Waals surface area contributed by atoms with Crippen LogP contribution in [0.5, 0.6) is 0 Å². The van der Waals surface area contributed by atoms with Crippen LogP contribution in [0.25, 0.3) is 0 Å². The third-order valence-electron chi connectivity index (χ3n) is 5.26. The molecule has 0 saturated heterocycles. The fourth-order valence-corrected chi connectivity index (χ4v) is 3.88. The topological polar surface area (TPSA) is 26.3 Å². The average Bonchev–Trinajstić information content (AvgIpc) is 2.73. The summed E-state index contributed by atoms with van der Waals surface area (Å²) in [6.07, 6.45) is 11.7. The van der Waals surface area contributed by atoms with Crippen LogP contribution in [-0.4, -0.2) is 16.5 Å². The second-order valence-corrected chi connectivity index (χ2v) is 7.73. The molecule has 0 aliphatic carbocycles. The van der Waals surface area contributed by atoms with E-state index < -0.39 is 0 Å². The first-order chi connectivity index (χ1) is 13.3. The molecule has 0 unspecified atom stereocenters. The van der Waals surface area contributed by atoms with Crippen molar-refractivity contribution in [2.75, 3.05) is 0 Å². The maximum Gasteiger partial charge on any atom is 0.291 e. The molecular weight excluding hydrogens is 348 g/mol. The molecule has 146 valence electrons. The van der Waals surface area contributed by atoms with Crippen molar-refractivity contribution in [3.8, 4) is 0 Å². The van der Waals surface area contributed by atoms with Crippen molar-refractivity contribution in [3.05, 3.63) is 71.8 Å². The minimum absolute atomic E-state index is 0.0203. The summed E-state index contributed by atoms with van der Waals surface area (Å²) in [6, 6.07) is 21.8. The lowest BCUT2D eigenvalue weighted by molar-refractivity contribution is -0.134. The highest BCUT2D eigenvalue weighted by molar-refractivity contribution is 6.05. The Morgan fingerprint density at radius 1 is 0.704 bits per heavy atom. The number of benzene rings is 2. The molecule has 0 aliphatic heterocycles. The van der Waals surface area contributed by atoms with E-state index in [1.54, 1.807) is 0 Å². The number of rotatable bonds is 13. The Hall–Kier alpha value is -1.87. The normalized spacial score (nSPS) is 11.0. The van der Waals surface area contributed by atoms with Gasteiger partial charge in [0.2, 0.25) is 10.5 Å². The maximum atomic E-state index is 11.1. The molecule has 0 bridgehead atoms. The molecule has 2 rings (SSSR count). The lowest BCUT2D eigenvalue weighted by atomic mass is 9.87. The van der Waals surface area contributed by atoms with Crippen LogP contribution < -0.4 is 0 Å². The predicted octanol–water partition coefficient (Wildman–Crippen LogP) is 5.54. The highest BCUT2D eigenvalue weighted by Gasteiger charge is 2.13. The van der Waals surface area contributed by atoms with Crippen molar-refractivity contribution in [3.63, 3.8) is 0 Å². The summed E-state index contributed by atoms with van der Waals surface area (Å²) in [4.78, 5) is 11.1. The number of hydrogen-bond acceptors (Lipinski definition) is 2. The number of unbranched alkanes of at least 4 members (excludes halogenated alkanes) is 7. The molecule has 0 radical (unpaired) electrons. The minimum Gasteiger partial charge on any atom is -0.529 e. The molecule has 0 spiro atoms. The monoisotopic (exact) mass is 382 g/mol. The van der Waals surface area contributed by atoms with Crippen LogP contribution in [0.15, 0.2) is 60.7 Å². The van der Waals surface area contributed by atoms with Gasteiger partial charge in [-0.05, 0) is 24.0 Å². The minimum atomic E-state index is -0.0203. The van der Waals surface area contributed by atoms with Crippen molar-refractivity contribution in [1.29, 1.82) is 0 Å². The molecular formula is C24H34O2Si. The maximum absolute atomic E-state index is 11.1. The molecule has 0 aromatic heterocycles. The Labute approximate surface area is 167 Å². The third kappa shape index (κ3) is 8.57. The van der Waals surface area contributed by atoms with Gasteiger partial charge in [0.05, 0.1) is 0 Å². The molecule has 0 N–H and O–H groups in total. The van der Waals surface area contributed by atoms with Gasteiger partial charge in [-0.15, -0.1) is 0 Å². The van der Waals surface area contributed by atoms with Gasteiger partial charge >= 0.3 is 0 Å². The second kappa shape index (κ2) is 13.3. The molecule has 3 heteroatoms. The van der Waals surface area contributed by atoms with Crippen molar-refractivity contribution in [1.82, 2.24) is 0 Å². The smallest absolute Gasteiger partial charge is 0.291 e. The fourth-order valence-electron chi connectivity index (χ4n) is 3.68. The van der Waals surface area contributed by atoms with E-state index in [9.17, 15) is 4.79 Å². The fraction of sp³-hybridized carbons (Fsp3) is 0.458. The molecule has 2 nitrogen and oxygen atoms in total. The lowest BCUT2D eigenvalue weighted by Gasteiger charge is -2.18. The molecule has 0 amide bonds. The zero-order chi connectivity index (χ0) is 19.2. The summed E-state index contributed by atoms with van der Waals surface area (Å²) in [5.41, 5.74) is 2.86. The van der Waals surface area contributed by atoms with Gasteiger partial charge in [-0.25, -0.2) is 0 Å². The summed E-state index contributed by atoms with van der Waals surface area (Å²) in [6.45, 7) is 0. The predicted molar refractivity (Wildman–Crippen MR) is 117 cm³/mol. The first-order valence-corrected chi connectivity index (χ1v) is 11.3.